The lowest BCUT2D eigenvalue weighted by Gasteiger charge is -2.04. The van der Waals surface area contributed by atoms with Crippen LogP contribution in [0.2, 0.25) is 0 Å². The van der Waals surface area contributed by atoms with Gasteiger partial charge in [0.2, 0.25) is 5.95 Å². The highest BCUT2D eigenvalue weighted by molar-refractivity contribution is 6.04. The van der Waals surface area contributed by atoms with Gasteiger partial charge in [-0.05, 0) is 6.07 Å². The number of aliphatic hydroxyl groups excluding tert-OH is 1. The fourth-order valence-corrected chi connectivity index (χ4v) is 1.30. The van der Waals surface area contributed by atoms with Crippen LogP contribution in [-0.4, -0.2) is 37.8 Å². The van der Waals surface area contributed by atoms with Crippen LogP contribution in [0.25, 0.3) is 0 Å². The van der Waals surface area contributed by atoms with E-state index in [0.717, 1.165) is 0 Å². The molecule has 0 fully saturated rings. The summed E-state index contributed by atoms with van der Waals surface area (Å²) in [6.45, 7) is -0.290. The highest BCUT2D eigenvalue weighted by Crippen LogP contribution is 2.07. The zero-order chi connectivity index (χ0) is 13.5. The molecule has 19 heavy (non-hydrogen) atoms. The fraction of sp³-hybridized carbons (Fsp3) is 0.0833. The Morgan fingerprint density at radius 3 is 3.00 bits per heavy atom. The lowest BCUT2D eigenvalue weighted by atomic mass is 10.1. The van der Waals surface area contributed by atoms with Crippen LogP contribution in [0.4, 0.5) is 5.95 Å². The lowest BCUT2D eigenvalue weighted by molar-refractivity contribution is 0.102. The molecular formula is C12H9N5O2. The first kappa shape index (κ1) is 12.6. The maximum Gasteiger partial charge on any atom is 0.259 e. The van der Waals surface area contributed by atoms with Gasteiger partial charge in [0.15, 0.2) is 0 Å². The van der Waals surface area contributed by atoms with E-state index in [-0.39, 0.29) is 12.6 Å². The maximum atomic E-state index is 12.0. The molecule has 7 nitrogen and oxygen atoms in total. The fourth-order valence-electron chi connectivity index (χ4n) is 1.30. The molecule has 0 saturated heterocycles. The monoisotopic (exact) mass is 255 g/mol. The van der Waals surface area contributed by atoms with Gasteiger partial charge < -0.3 is 5.11 Å². The van der Waals surface area contributed by atoms with Crippen molar-refractivity contribution in [3.05, 3.63) is 42.0 Å². The second-order valence-corrected chi connectivity index (χ2v) is 3.30. The van der Waals surface area contributed by atoms with Gasteiger partial charge in [0.05, 0.1) is 23.5 Å². The SMILES string of the molecule is O=C(Nc1nccnn1)c1ccncc1C#CCO. The maximum absolute atomic E-state index is 12.0. The van der Waals surface area contributed by atoms with Gasteiger partial charge in [0, 0.05) is 12.4 Å². The Hall–Kier alpha value is -2.85. The van der Waals surface area contributed by atoms with Gasteiger partial charge in [0.1, 0.15) is 6.61 Å². The van der Waals surface area contributed by atoms with Crippen LogP contribution in [0.3, 0.4) is 0 Å². The molecule has 1 amide bonds. The Morgan fingerprint density at radius 2 is 2.26 bits per heavy atom. The van der Waals surface area contributed by atoms with Crippen molar-refractivity contribution >= 4 is 11.9 Å². The summed E-state index contributed by atoms with van der Waals surface area (Å²) in [7, 11) is 0. The van der Waals surface area contributed by atoms with Gasteiger partial charge in [-0.1, -0.05) is 11.8 Å². The minimum Gasteiger partial charge on any atom is -0.384 e. The third kappa shape index (κ3) is 3.31. The Balaban J connectivity index is 2.24. The van der Waals surface area contributed by atoms with Gasteiger partial charge in [-0.25, -0.2) is 4.98 Å². The van der Waals surface area contributed by atoms with E-state index in [1.807, 2.05) is 0 Å². The van der Waals surface area contributed by atoms with Crippen LogP contribution in [0.15, 0.2) is 30.9 Å². The van der Waals surface area contributed by atoms with Crippen molar-refractivity contribution in [2.24, 2.45) is 0 Å². The molecule has 2 rings (SSSR count). The van der Waals surface area contributed by atoms with Crippen LogP contribution in [0.5, 0.6) is 0 Å². The molecule has 0 spiro atoms. The summed E-state index contributed by atoms with van der Waals surface area (Å²) in [5.41, 5.74) is 0.737. The third-order valence-corrected chi connectivity index (χ3v) is 2.08. The summed E-state index contributed by atoms with van der Waals surface area (Å²) in [6.07, 6.45) is 5.74. The molecule has 0 radical (unpaired) electrons. The molecule has 0 unspecified atom stereocenters. The lowest BCUT2D eigenvalue weighted by Crippen LogP contribution is -2.16. The van der Waals surface area contributed by atoms with Crippen LogP contribution in [0.1, 0.15) is 15.9 Å². The molecule has 2 aromatic rings. The second kappa shape index (κ2) is 6.18. The van der Waals surface area contributed by atoms with Crippen LogP contribution in [0, 0.1) is 11.8 Å². The molecule has 7 heteroatoms. The van der Waals surface area contributed by atoms with Crippen molar-refractivity contribution in [3.8, 4) is 11.8 Å². The average Bonchev–Trinajstić information content (AvgIpc) is 2.46. The van der Waals surface area contributed by atoms with E-state index < -0.39 is 5.91 Å². The summed E-state index contributed by atoms with van der Waals surface area (Å²) < 4.78 is 0. The van der Waals surface area contributed by atoms with Gasteiger partial charge in [-0.15, -0.1) is 5.10 Å². The summed E-state index contributed by atoms with van der Waals surface area (Å²) in [5, 5.41) is 18.4. The molecule has 0 bridgehead atoms. The quantitative estimate of drug-likeness (QED) is 0.724. The number of aromatic nitrogens is 4. The summed E-state index contributed by atoms with van der Waals surface area (Å²) in [5.74, 6) is 4.80. The summed E-state index contributed by atoms with van der Waals surface area (Å²) >= 11 is 0. The highest BCUT2D eigenvalue weighted by atomic mass is 16.2. The van der Waals surface area contributed by atoms with Gasteiger partial charge in [-0.2, -0.15) is 5.10 Å². The smallest absolute Gasteiger partial charge is 0.259 e. The van der Waals surface area contributed by atoms with Gasteiger partial charge >= 0.3 is 0 Å². The molecule has 0 saturated carbocycles. The number of hydrogen-bond donors (Lipinski definition) is 2. The minimum absolute atomic E-state index is 0.102. The van der Waals surface area contributed by atoms with Crippen molar-refractivity contribution in [2.45, 2.75) is 0 Å². The Kier molecular flexibility index (Phi) is 4.10. The highest BCUT2D eigenvalue weighted by Gasteiger charge is 2.11. The number of hydrogen-bond acceptors (Lipinski definition) is 6. The molecule has 2 N–H and O–H groups in total. The molecule has 0 aliphatic rings. The molecule has 0 atom stereocenters. The molecular weight excluding hydrogens is 246 g/mol. The van der Waals surface area contributed by atoms with Crippen molar-refractivity contribution < 1.29 is 9.90 Å². The van der Waals surface area contributed by atoms with E-state index in [9.17, 15) is 4.79 Å². The van der Waals surface area contributed by atoms with E-state index in [1.165, 1.54) is 30.9 Å². The van der Waals surface area contributed by atoms with E-state index in [0.29, 0.717) is 11.1 Å². The first-order valence-electron chi connectivity index (χ1n) is 5.30. The van der Waals surface area contributed by atoms with E-state index in [1.54, 1.807) is 0 Å². The number of amides is 1. The Bertz CT molecular complexity index is 633. The van der Waals surface area contributed by atoms with E-state index >= 15 is 0 Å². The number of pyridine rings is 1. The van der Waals surface area contributed by atoms with E-state index in [2.05, 4.69) is 37.3 Å². The summed E-state index contributed by atoms with van der Waals surface area (Å²) in [6, 6.07) is 1.52. The van der Waals surface area contributed by atoms with Crippen molar-refractivity contribution in [3.63, 3.8) is 0 Å². The predicted molar refractivity (Wildman–Crippen MR) is 66.0 cm³/mol. The van der Waals surface area contributed by atoms with Crippen molar-refractivity contribution in [1.29, 1.82) is 0 Å². The number of anilines is 1. The van der Waals surface area contributed by atoms with Crippen LogP contribution < -0.4 is 5.32 Å². The van der Waals surface area contributed by atoms with E-state index in [4.69, 9.17) is 5.11 Å². The molecule has 0 aliphatic carbocycles. The number of aliphatic hydroxyl groups is 1. The predicted octanol–water partition coefficient (Wildman–Crippen LogP) is -0.137. The minimum atomic E-state index is -0.419. The van der Waals surface area contributed by atoms with Gasteiger partial charge in [0.25, 0.3) is 5.91 Å². The topological polar surface area (TPSA) is 101 Å². The molecule has 0 aliphatic heterocycles. The number of rotatable bonds is 2. The van der Waals surface area contributed by atoms with Crippen molar-refractivity contribution in [1.82, 2.24) is 20.2 Å². The number of carbonyl (C=O) groups is 1. The van der Waals surface area contributed by atoms with Crippen LogP contribution >= 0.6 is 0 Å². The third-order valence-electron chi connectivity index (χ3n) is 2.08. The average molecular weight is 255 g/mol. The summed E-state index contributed by atoms with van der Waals surface area (Å²) in [4.78, 5) is 19.7. The Morgan fingerprint density at radius 1 is 1.37 bits per heavy atom. The van der Waals surface area contributed by atoms with Crippen molar-refractivity contribution in [2.75, 3.05) is 11.9 Å². The zero-order valence-corrected chi connectivity index (χ0v) is 9.74. The molecule has 2 heterocycles. The number of nitrogens with zero attached hydrogens (tertiary/aromatic N) is 4. The number of carbonyl (C=O) groups excluding carboxylic acids is 1. The largest absolute Gasteiger partial charge is 0.384 e. The second-order valence-electron chi connectivity index (χ2n) is 3.30. The molecule has 94 valence electrons. The van der Waals surface area contributed by atoms with Gasteiger partial charge in [-0.3, -0.25) is 15.1 Å². The molecule has 2 aromatic heterocycles. The number of nitrogens with one attached hydrogen (secondary N) is 1. The van der Waals surface area contributed by atoms with Crippen LogP contribution in [-0.2, 0) is 0 Å². The standard InChI is InChI=1S/C12H9N5O2/c18-7-1-2-9-8-13-4-3-10(9)11(19)16-12-14-5-6-15-17-12/h3-6,8,18H,7H2,(H,14,16,17,19). The Labute approximate surface area is 108 Å². The first-order valence-corrected chi connectivity index (χ1v) is 5.30. The molecule has 0 aromatic carbocycles. The zero-order valence-electron chi connectivity index (χ0n) is 9.74. The first-order chi connectivity index (χ1) is 9.31. The normalized spacial score (nSPS) is 9.32.